The molecule has 0 spiro atoms. The summed E-state index contributed by atoms with van der Waals surface area (Å²) < 4.78 is 0. The van der Waals surface area contributed by atoms with Gasteiger partial charge in [-0.05, 0) is 30.2 Å². The van der Waals surface area contributed by atoms with E-state index in [-0.39, 0.29) is 5.38 Å². The lowest BCUT2D eigenvalue weighted by atomic mass is 10.1. The average Bonchev–Trinajstić information content (AvgIpc) is 2.30. The van der Waals surface area contributed by atoms with Crippen LogP contribution in [0.25, 0.3) is 0 Å². The van der Waals surface area contributed by atoms with E-state index in [1.165, 1.54) is 0 Å². The van der Waals surface area contributed by atoms with E-state index in [4.69, 9.17) is 23.2 Å². The van der Waals surface area contributed by atoms with Crippen LogP contribution in [-0.2, 0) is 0 Å². The number of hydrogen-bond acceptors (Lipinski definition) is 1. The van der Waals surface area contributed by atoms with Crippen molar-refractivity contribution in [2.75, 3.05) is 7.05 Å². The molecule has 3 heteroatoms. The van der Waals surface area contributed by atoms with E-state index in [0.717, 1.165) is 17.7 Å². The molecule has 1 rings (SSSR count). The standard InChI is InChI=1S/C13H15Cl2N/c1-3-4-5-12(16-2)13(15)10-6-8-11(14)9-7-10/h4-9,13H,3H2,1-2H3/b5-4-,16-12?. The second-order valence-corrected chi connectivity index (χ2v) is 4.25. The zero-order valence-corrected chi connectivity index (χ0v) is 11.0. The van der Waals surface area contributed by atoms with Crippen LogP contribution in [0.5, 0.6) is 0 Å². The Hall–Kier alpha value is -0.790. The second kappa shape index (κ2) is 6.72. The molecule has 86 valence electrons. The third kappa shape index (κ3) is 3.66. The maximum atomic E-state index is 6.34. The molecule has 1 nitrogen and oxygen atoms in total. The molecule has 0 aliphatic heterocycles. The summed E-state index contributed by atoms with van der Waals surface area (Å²) in [6, 6.07) is 7.52. The first kappa shape index (κ1) is 13.3. The lowest BCUT2D eigenvalue weighted by Crippen LogP contribution is -2.03. The van der Waals surface area contributed by atoms with Gasteiger partial charge in [0.2, 0.25) is 0 Å². The van der Waals surface area contributed by atoms with Gasteiger partial charge < -0.3 is 0 Å². The van der Waals surface area contributed by atoms with Crippen LogP contribution in [0.3, 0.4) is 0 Å². The van der Waals surface area contributed by atoms with Gasteiger partial charge in [0.25, 0.3) is 0 Å². The Bertz CT molecular complexity index is 379. The van der Waals surface area contributed by atoms with Crippen molar-refractivity contribution in [3.63, 3.8) is 0 Å². The number of nitrogens with zero attached hydrogens (tertiary/aromatic N) is 1. The van der Waals surface area contributed by atoms with Crippen LogP contribution in [0.15, 0.2) is 41.4 Å². The number of allylic oxidation sites excluding steroid dienone is 2. The molecule has 16 heavy (non-hydrogen) atoms. The minimum Gasteiger partial charge on any atom is -0.291 e. The smallest absolute Gasteiger partial charge is 0.100 e. The summed E-state index contributed by atoms with van der Waals surface area (Å²) in [4.78, 5) is 4.19. The van der Waals surface area contributed by atoms with Crippen molar-refractivity contribution in [1.82, 2.24) is 0 Å². The maximum absolute atomic E-state index is 6.34. The Labute approximate surface area is 107 Å². The highest BCUT2D eigenvalue weighted by Gasteiger charge is 2.11. The Balaban J connectivity index is 2.87. The maximum Gasteiger partial charge on any atom is 0.100 e. The minimum absolute atomic E-state index is 0.218. The van der Waals surface area contributed by atoms with Crippen LogP contribution in [0.2, 0.25) is 5.02 Å². The van der Waals surface area contributed by atoms with Gasteiger partial charge in [-0.2, -0.15) is 0 Å². The molecule has 0 amide bonds. The molecule has 0 heterocycles. The van der Waals surface area contributed by atoms with Crippen molar-refractivity contribution in [2.24, 2.45) is 4.99 Å². The molecular formula is C13H15Cl2N. The molecule has 0 fully saturated rings. The molecule has 1 aromatic carbocycles. The second-order valence-electron chi connectivity index (χ2n) is 3.37. The first-order chi connectivity index (χ1) is 7.69. The molecule has 0 saturated carbocycles. The van der Waals surface area contributed by atoms with Gasteiger partial charge in [0.05, 0.1) is 5.71 Å². The number of aliphatic imine (C=N–C) groups is 1. The van der Waals surface area contributed by atoms with Crippen LogP contribution in [0, 0.1) is 0 Å². The summed E-state index contributed by atoms with van der Waals surface area (Å²) in [5.41, 5.74) is 1.87. The lowest BCUT2D eigenvalue weighted by molar-refractivity contribution is 1.21. The highest BCUT2D eigenvalue weighted by atomic mass is 35.5. The molecule has 0 bridgehead atoms. The summed E-state index contributed by atoms with van der Waals surface area (Å²) in [5, 5.41) is 0.497. The molecule has 1 unspecified atom stereocenters. The van der Waals surface area contributed by atoms with Gasteiger partial charge in [-0.25, -0.2) is 0 Å². The zero-order valence-electron chi connectivity index (χ0n) is 9.45. The highest BCUT2D eigenvalue weighted by Crippen LogP contribution is 2.24. The van der Waals surface area contributed by atoms with Crippen molar-refractivity contribution in [2.45, 2.75) is 18.7 Å². The van der Waals surface area contributed by atoms with E-state index >= 15 is 0 Å². The van der Waals surface area contributed by atoms with E-state index in [1.54, 1.807) is 7.05 Å². The quantitative estimate of drug-likeness (QED) is 0.549. The number of hydrogen-bond donors (Lipinski definition) is 0. The Kier molecular flexibility index (Phi) is 5.58. The Morgan fingerprint density at radius 2 is 2.00 bits per heavy atom. The summed E-state index contributed by atoms with van der Waals surface area (Å²) in [6.45, 7) is 2.08. The van der Waals surface area contributed by atoms with Crippen molar-refractivity contribution < 1.29 is 0 Å². The van der Waals surface area contributed by atoms with Crippen LogP contribution >= 0.6 is 23.2 Å². The predicted molar refractivity (Wildman–Crippen MR) is 72.8 cm³/mol. The normalized spacial score (nSPS) is 14.4. The Morgan fingerprint density at radius 1 is 1.38 bits per heavy atom. The van der Waals surface area contributed by atoms with Crippen molar-refractivity contribution in [3.05, 3.63) is 47.0 Å². The van der Waals surface area contributed by atoms with Crippen molar-refractivity contribution in [3.8, 4) is 0 Å². The van der Waals surface area contributed by atoms with E-state index in [2.05, 4.69) is 11.9 Å². The van der Waals surface area contributed by atoms with Gasteiger partial charge in [-0.15, -0.1) is 11.6 Å². The SMILES string of the molecule is CC/C=C\C(=NC)C(Cl)c1ccc(Cl)cc1. The first-order valence-electron chi connectivity index (χ1n) is 5.21. The van der Waals surface area contributed by atoms with E-state index in [0.29, 0.717) is 5.02 Å². The van der Waals surface area contributed by atoms with E-state index < -0.39 is 0 Å². The third-order valence-electron chi connectivity index (χ3n) is 2.20. The van der Waals surface area contributed by atoms with E-state index in [9.17, 15) is 0 Å². The molecule has 0 saturated heterocycles. The summed E-state index contributed by atoms with van der Waals surface area (Å²) in [5.74, 6) is 0. The molecule has 0 radical (unpaired) electrons. The van der Waals surface area contributed by atoms with Gasteiger partial charge in [-0.1, -0.05) is 36.7 Å². The van der Waals surface area contributed by atoms with Crippen molar-refractivity contribution >= 4 is 28.9 Å². The number of halogens is 2. The highest BCUT2D eigenvalue weighted by molar-refractivity contribution is 6.34. The first-order valence-corrected chi connectivity index (χ1v) is 6.03. The topological polar surface area (TPSA) is 12.4 Å². The molecular weight excluding hydrogens is 241 g/mol. The van der Waals surface area contributed by atoms with Crippen LogP contribution in [0.4, 0.5) is 0 Å². The zero-order chi connectivity index (χ0) is 12.0. The monoisotopic (exact) mass is 255 g/mol. The fourth-order valence-corrected chi connectivity index (χ4v) is 1.76. The van der Waals surface area contributed by atoms with Crippen LogP contribution < -0.4 is 0 Å². The summed E-state index contributed by atoms with van der Waals surface area (Å²) >= 11 is 12.2. The average molecular weight is 256 g/mol. The van der Waals surface area contributed by atoms with E-state index in [1.807, 2.05) is 36.4 Å². The lowest BCUT2D eigenvalue weighted by Gasteiger charge is -2.09. The fraction of sp³-hybridized carbons (Fsp3) is 0.308. The summed E-state index contributed by atoms with van der Waals surface area (Å²) in [7, 11) is 1.75. The van der Waals surface area contributed by atoms with Gasteiger partial charge in [0.15, 0.2) is 0 Å². The largest absolute Gasteiger partial charge is 0.291 e. The third-order valence-corrected chi connectivity index (χ3v) is 2.93. The molecule has 0 aromatic heterocycles. The fourth-order valence-electron chi connectivity index (χ4n) is 1.31. The molecule has 0 aliphatic rings. The Morgan fingerprint density at radius 3 is 2.50 bits per heavy atom. The minimum atomic E-state index is -0.218. The van der Waals surface area contributed by atoms with Crippen LogP contribution in [-0.4, -0.2) is 12.8 Å². The molecule has 1 atom stereocenters. The van der Waals surface area contributed by atoms with Gasteiger partial charge in [0.1, 0.15) is 5.38 Å². The van der Waals surface area contributed by atoms with Crippen LogP contribution in [0.1, 0.15) is 24.3 Å². The molecule has 0 aliphatic carbocycles. The van der Waals surface area contributed by atoms with Gasteiger partial charge >= 0.3 is 0 Å². The number of rotatable bonds is 4. The van der Waals surface area contributed by atoms with Crippen molar-refractivity contribution in [1.29, 1.82) is 0 Å². The molecule has 0 N–H and O–H groups in total. The number of alkyl halides is 1. The van der Waals surface area contributed by atoms with Gasteiger partial charge in [0, 0.05) is 12.1 Å². The summed E-state index contributed by atoms with van der Waals surface area (Å²) in [6.07, 6.45) is 4.99. The predicted octanol–water partition coefficient (Wildman–Crippen LogP) is 4.66. The van der Waals surface area contributed by atoms with Gasteiger partial charge in [-0.3, -0.25) is 4.99 Å². The number of benzene rings is 1. The molecule has 1 aromatic rings.